The first kappa shape index (κ1) is 15.3. The fourth-order valence-electron chi connectivity index (χ4n) is 2.07. The fourth-order valence-corrected chi connectivity index (χ4v) is 2.07. The zero-order chi connectivity index (χ0) is 15.6. The first-order valence-corrected chi connectivity index (χ1v) is 6.14. The van der Waals surface area contributed by atoms with Crippen molar-refractivity contribution in [2.24, 2.45) is 0 Å². The van der Waals surface area contributed by atoms with Crippen molar-refractivity contribution < 1.29 is 27.5 Å². The SMILES string of the molecule is COC1CNC(=O)N(c2ccccc2C(F)(F)F)C(=O)C1. The van der Waals surface area contributed by atoms with Crippen LogP contribution in [-0.2, 0) is 15.7 Å². The molecule has 5 nitrogen and oxygen atoms in total. The highest BCUT2D eigenvalue weighted by Crippen LogP contribution is 2.37. The Balaban J connectivity index is 2.45. The van der Waals surface area contributed by atoms with E-state index in [1.807, 2.05) is 0 Å². The minimum Gasteiger partial charge on any atom is -0.379 e. The predicted octanol–water partition coefficient (Wildman–Crippen LogP) is 2.17. The number of hydrogen-bond acceptors (Lipinski definition) is 3. The Hall–Kier alpha value is -2.09. The van der Waals surface area contributed by atoms with E-state index >= 15 is 0 Å². The van der Waals surface area contributed by atoms with Crippen molar-refractivity contribution in [3.63, 3.8) is 0 Å². The average molecular weight is 302 g/mol. The molecule has 1 saturated heterocycles. The molecule has 1 fully saturated rings. The Labute approximate surface area is 118 Å². The van der Waals surface area contributed by atoms with Gasteiger partial charge in [-0.15, -0.1) is 0 Å². The highest BCUT2D eigenvalue weighted by atomic mass is 19.4. The fraction of sp³-hybridized carbons (Fsp3) is 0.385. The van der Waals surface area contributed by atoms with Crippen molar-refractivity contribution in [3.8, 4) is 0 Å². The molecule has 1 unspecified atom stereocenters. The average Bonchev–Trinajstić information content (AvgIpc) is 2.56. The largest absolute Gasteiger partial charge is 0.418 e. The molecule has 1 aliphatic rings. The Morgan fingerprint density at radius 1 is 1.29 bits per heavy atom. The molecule has 2 rings (SSSR count). The molecule has 0 radical (unpaired) electrons. The zero-order valence-corrected chi connectivity index (χ0v) is 11.1. The molecule has 1 N–H and O–H groups in total. The molecule has 0 bridgehead atoms. The monoisotopic (exact) mass is 302 g/mol. The third kappa shape index (κ3) is 3.15. The number of urea groups is 1. The molecule has 1 aliphatic heterocycles. The minimum absolute atomic E-state index is 0.0613. The maximum absolute atomic E-state index is 13.0. The number of rotatable bonds is 2. The predicted molar refractivity (Wildman–Crippen MR) is 67.7 cm³/mol. The number of carbonyl (C=O) groups excluding carboxylic acids is 2. The van der Waals surface area contributed by atoms with Crippen LogP contribution in [0.25, 0.3) is 0 Å². The van der Waals surface area contributed by atoms with Crippen molar-refractivity contribution in [1.82, 2.24) is 5.32 Å². The number of nitrogens with one attached hydrogen (secondary N) is 1. The van der Waals surface area contributed by atoms with Crippen molar-refractivity contribution >= 4 is 17.6 Å². The number of ether oxygens (including phenoxy) is 1. The number of methoxy groups -OCH3 is 1. The Kier molecular flexibility index (Phi) is 4.17. The van der Waals surface area contributed by atoms with Gasteiger partial charge in [0.1, 0.15) is 0 Å². The summed E-state index contributed by atoms with van der Waals surface area (Å²) >= 11 is 0. The molecule has 1 atom stereocenters. The van der Waals surface area contributed by atoms with E-state index in [2.05, 4.69) is 5.32 Å². The highest BCUT2D eigenvalue weighted by molar-refractivity contribution is 6.15. The lowest BCUT2D eigenvalue weighted by Gasteiger charge is -2.22. The Morgan fingerprint density at radius 3 is 2.57 bits per heavy atom. The van der Waals surface area contributed by atoms with Gasteiger partial charge in [-0.2, -0.15) is 13.2 Å². The Morgan fingerprint density at radius 2 is 1.95 bits per heavy atom. The molecule has 1 aromatic carbocycles. The number of para-hydroxylation sites is 1. The quantitative estimate of drug-likeness (QED) is 0.911. The molecule has 21 heavy (non-hydrogen) atoms. The van der Waals surface area contributed by atoms with Crippen LogP contribution < -0.4 is 10.2 Å². The highest BCUT2D eigenvalue weighted by Gasteiger charge is 2.39. The lowest BCUT2D eigenvalue weighted by atomic mass is 10.1. The maximum Gasteiger partial charge on any atom is 0.418 e. The molecular weight excluding hydrogens is 289 g/mol. The van der Waals surface area contributed by atoms with Gasteiger partial charge in [-0.05, 0) is 12.1 Å². The Bertz CT molecular complexity index is 560. The van der Waals surface area contributed by atoms with Gasteiger partial charge >= 0.3 is 12.2 Å². The van der Waals surface area contributed by atoms with Crippen LogP contribution in [0.2, 0.25) is 0 Å². The normalized spacial score (nSPS) is 20.2. The number of hydrogen-bond donors (Lipinski definition) is 1. The molecule has 0 spiro atoms. The standard InChI is InChI=1S/C13H13F3N2O3/c1-21-8-6-11(19)18(12(20)17-7-8)10-5-3-2-4-9(10)13(14,15)16/h2-5,8H,6-7H2,1H3,(H,17,20). The van der Waals surface area contributed by atoms with E-state index in [0.29, 0.717) is 4.90 Å². The number of benzene rings is 1. The van der Waals surface area contributed by atoms with E-state index in [-0.39, 0.29) is 13.0 Å². The van der Waals surface area contributed by atoms with Gasteiger partial charge in [0.05, 0.1) is 23.8 Å². The van der Waals surface area contributed by atoms with Gasteiger partial charge in [0.15, 0.2) is 0 Å². The number of nitrogens with zero attached hydrogens (tertiary/aromatic N) is 1. The molecule has 1 heterocycles. The van der Waals surface area contributed by atoms with Crippen molar-refractivity contribution in [2.45, 2.75) is 18.7 Å². The second-order valence-corrected chi connectivity index (χ2v) is 4.49. The van der Waals surface area contributed by atoms with Crippen molar-refractivity contribution in [2.75, 3.05) is 18.6 Å². The molecule has 3 amide bonds. The van der Waals surface area contributed by atoms with Crippen molar-refractivity contribution in [3.05, 3.63) is 29.8 Å². The molecule has 1 aromatic rings. The van der Waals surface area contributed by atoms with Crippen molar-refractivity contribution in [1.29, 1.82) is 0 Å². The van der Waals surface area contributed by atoms with E-state index in [1.165, 1.54) is 19.2 Å². The summed E-state index contributed by atoms with van der Waals surface area (Å²) in [6.45, 7) is 0.0613. The van der Waals surface area contributed by atoms with Gasteiger partial charge in [-0.25, -0.2) is 9.69 Å². The molecule has 0 aromatic heterocycles. The number of halogens is 3. The second kappa shape index (κ2) is 5.72. The van der Waals surface area contributed by atoms with Crippen LogP contribution in [0.1, 0.15) is 12.0 Å². The summed E-state index contributed by atoms with van der Waals surface area (Å²) in [7, 11) is 1.36. The summed E-state index contributed by atoms with van der Waals surface area (Å²) in [5.74, 6) is -0.742. The molecule has 0 saturated carbocycles. The lowest BCUT2D eigenvalue weighted by molar-refractivity contribution is -0.137. The van der Waals surface area contributed by atoms with Crippen LogP contribution >= 0.6 is 0 Å². The molecule has 8 heteroatoms. The maximum atomic E-state index is 13.0. The zero-order valence-electron chi connectivity index (χ0n) is 11.1. The smallest absolute Gasteiger partial charge is 0.379 e. The van der Waals surface area contributed by atoms with Gasteiger partial charge < -0.3 is 10.1 Å². The summed E-state index contributed by atoms with van der Waals surface area (Å²) in [5, 5.41) is 2.38. The molecular formula is C13H13F3N2O3. The summed E-state index contributed by atoms with van der Waals surface area (Å²) in [5.41, 5.74) is -1.52. The van der Waals surface area contributed by atoms with Crippen LogP contribution in [-0.4, -0.2) is 31.7 Å². The van der Waals surface area contributed by atoms with Crippen LogP contribution in [0.4, 0.5) is 23.7 Å². The summed E-state index contributed by atoms with van der Waals surface area (Å²) < 4.78 is 44.0. The number of anilines is 1. The van der Waals surface area contributed by atoms with Crippen LogP contribution in [0.15, 0.2) is 24.3 Å². The molecule has 0 aliphatic carbocycles. The van der Waals surface area contributed by atoms with E-state index in [1.54, 1.807) is 0 Å². The van der Waals surface area contributed by atoms with E-state index < -0.39 is 35.5 Å². The van der Waals surface area contributed by atoms with Gasteiger partial charge in [0, 0.05) is 13.7 Å². The summed E-state index contributed by atoms with van der Waals surface area (Å²) in [6.07, 6.45) is -5.41. The van der Waals surface area contributed by atoms with Crippen LogP contribution in [0.5, 0.6) is 0 Å². The molecule has 114 valence electrons. The first-order valence-electron chi connectivity index (χ1n) is 6.14. The third-order valence-electron chi connectivity index (χ3n) is 3.12. The first-order chi connectivity index (χ1) is 9.84. The number of carbonyl (C=O) groups is 2. The number of amides is 3. The van der Waals surface area contributed by atoms with Crippen LogP contribution in [0.3, 0.4) is 0 Å². The van der Waals surface area contributed by atoms with E-state index in [4.69, 9.17) is 4.74 Å². The van der Waals surface area contributed by atoms with Gasteiger partial charge in [-0.3, -0.25) is 4.79 Å². The van der Waals surface area contributed by atoms with Gasteiger partial charge in [0.25, 0.3) is 0 Å². The topological polar surface area (TPSA) is 58.6 Å². The van der Waals surface area contributed by atoms with Crippen LogP contribution in [0, 0.1) is 0 Å². The summed E-state index contributed by atoms with van der Waals surface area (Å²) in [4.78, 5) is 24.5. The third-order valence-corrected chi connectivity index (χ3v) is 3.12. The summed E-state index contributed by atoms with van der Waals surface area (Å²) in [6, 6.07) is 3.56. The number of alkyl halides is 3. The lowest BCUT2D eigenvalue weighted by Crippen LogP contribution is -2.42. The van der Waals surface area contributed by atoms with Gasteiger partial charge in [0.2, 0.25) is 5.91 Å². The van der Waals surface area contributed by atoms with Gasteiger partial charge in [-0.1, -0.05) is 12.1 Å². The minimum atomic E-state index is -4.66. The van der Waals surface area contributed by atoms with E-state index in [0.717, 1.165) is 12.1 Å². The number of imide groups is 1. The van der Waals surface area contributed by atoms with E-state index in [9.17, 15) is 22.8 Å². The second-order valence-electron chi connectivity index (χ2n) is 4.49.